The van der Waals surface area contributed by atoms with E-state index in [2.05, 4.69) is 86.8 Å². The van der Waals surface area contributed by atoms with Crippen LogP contribution in [0.5, 0.6) is 0 Å². The number of aromatic nitrogens is 3. The molecule has 0 saturated heterocycles. The van der Waals surface area contributed by atoms with Crippen LogP contribution < -0.4 is 0 Å². The minimum atomic E-state index is -1.82. The monoisotopic (exact) mass is 528 g/mol. The molecule has 4 nitrogen and oxygen atoms in total. The van der Waals surface area contributed by atoms with E-state index in [1.165, 1.54) is 6.42 Å². The molecule has 0 bridgehead atoms. The molecule has 2 aromatic rings. The number of hydrogen-bond donors (Lipinski definition) is 0. The summed E-state index contributed by atoms with van der Waals surface area (Å²) in [5.74, 6) is 2.48. The van der Waals surface area contributed by atoms with E-state index in [-0.39, 0.29) is 25.8 Å². The number of imidazole rings is 2. The van der Waals surface area contributed by atoms with Gasteiger partial charge in [-0.1, -0.05) is 47.7 Å². The standard InChI is InChI=1S/C20H37N3OSi2.CH3.2ClH.Cr/c1-15-14-17(24-26(8,9)20(3,4)5)18(16(15)2)25(6,7)23-13-12-22-11-10-21-19(22)23;;;;/h10-13,15-18H,14H2,1-9H3;1H3;2*1H;/q;-1;;;+3/p-2. The van der Waals surface area contributed by atoms with Crippen LogP contribution in [0.3, 0.4) is 0 Å². The van der Waals surface area contributed by atoms with E-state index in [1.54, 1.807) is 0 Å². The van der Waals surface area contributed by atoms with E-state index in [0.29, 0.717) is 23.5 Å². The minimum absolute atomic E-state index is 0. The van der Waals surface area contributed by atoms with Gasteiger partial charge >= 0.3 is 33.5 Å². The summed E-state index contributed by atoms with van der Waals surface area (Å²) in [6.07, 6.45) is 9.90. The van der Waals surface area contributed by atoms with Crippen molar-refractivity contribution in [1.82, 2.24) is 13.6 Å². The first-order chi connectivity index (χ1) is 13.3. The number of nitrogens with zero attached hydrogens (tertiary/aromatic N) is 3. The van der Waals surface area contributed by atoms with Crippen molar-refractivity contribution in [2.75, 3.05) is 0 Å². The second kappa shape index (κ2) is 10.5. The summed E-state index contributed by atoms with van der Waals surface area (Å²) in [5.41, 5.74) is 0.611. The first kappa shape index (κ1) is 28.3. The van der Waals surface area contributed by atoms with E-state index < -0.39 is 16.6 Å². The Morgan fingerprint density at radius 2 is 1.67 bits per heavy atom. The van der Waals surface area contributed by atoms with E-state index in [0.717, 1.165) is 5.78 Å². The Morgan fingerprint density at radius 3 is 2.20 bits per heavy atom. The van der Waals surface area contributed by atoms with Crippen LogP contribution in [0.2, 0.25) is 36.8 Å². The average molecular weight is 530 g/mol. The second-order valence-electron chi connectivity index (χ2n) is 10.5. The van der Waals surface area contributed by atoms with Crippen LogP contribution in [0.25, 0.3) is 5.78 Å². The summed E-state index contributed by atoms with van der Waals surface area (Å²) >= 11 is -0.181. The number of hydrogen-bond acceptors (Lipinski definition) is 2. The first-order valence-corrected chi connectivity index (χ1v) is 19.8. The van der Waals surface area contributed by atoms with Crippen molar-refractivity contribution in [3.8, 4) is 0 Å². The van der Waals surface area contributed by atoms with Crippen LogP contribution in [0.4, 0.5) is 0 Å². The zero-order chi connectivity index (χ0) is 22.2. The van der Waals surface area contributed by atoms with Crippen LogP contribution >= 0.6 is 20.1 Å². The molecular formula is C21H40Cl2CrN3OSi2. The topological polar surface area (TPSA) is 31.5 Å². The molecule has 1 aliphatic carbocycles. The molecule has 0 aromatic carbocycles. The molecule has 4 unspecified atom stereocenters. The van der Waals surface area contributed by atoms with E-state index in [4.69, 9.17) is 24.5 Å². The van der Waals surface area contributed by atoms with Gasteiger partial charge in [0.05, 0.1) is 0 Å². The Morgan fingerprint density at radius 1 is 1.10 bits per heavy atom. The van der Waals surface area contributed by atoms with Crippen molar-refractivity contribution in [2.24, 2.45) is 11.8 Å². The number of rotatable bonds is 4. The van der Waals surface area contributed by atoms with Crippen LogP contribution in [0, 0.1) is 19.3 Å². The molecule has 0 N–H and O–H groups in total. The fourth-order valence-electron chi connectivity index (χ4n) is 4.62. The third kappa shape index (κ3) is 5.59. The predicted molar refractivity (Wildman–Crippen MR) is 133 cm³/mol. The molecule has 173 valence electrons. The SMILES string of the molecule is CC1CC(O[Si](C)(C)C(C)(C)C)C([Si](C)(C)n2ccn3ccnc23)C1C.[CH3-].[Cl][Cr+][Cl]. The third-order valence-electron chi connectivity index (χ3n) is 7.40. The maximum atomic E-state index is 7.03. The Balaban J connectivity index is 0.00000106. The quantitative estimate of drug-likeness (QED) is 0.304. The van der Waals surface area contributed by atoms with Crippen LogP contribution in [0.1, 0.15) is 41.0 Å². The van der Waals surface area contributed by atoms with Gasteiger partial charge in [0.1, 0.15) is 0 Å². The van der Waals surface area contributed by atoms with Crippen molar-refractivity contribution < 1.29 is 17.8 Å². The molecule has 0 radical (unpaired) electrons. The Bertz CT molecular complexity index is 804. The fraction of sp³-hybridized carbons (Fsp3) is 0.714. The molecule has 2 heterocycles. The Hall–Kier alpha value is 0.256. The summed E-state index contributed by atoms with van der Waals surface area (Å²) < 4.78 is 11.7. The molecular weight excluding hydrogens is 489 g/mol. The van der Waals surface area contributed by atoms with Crippen molar-refractivity contribution in [1.29, 1.82) is 0 Å². The van der Waals surface area contributed by atoms with Gasteiger partial charge in [-0.3, -0.25) is 4.40 Å². The van der Waals surface area contributed by atoms with Gasteiger partial charge in [0.2, 0.25) is 5.78 Å². The zero-order valence-electron chi connectivity index (χ0n) is 20.2. The zero-order valence-corrected chi connectivity index (χ0v) is 25.0. The molecule has 30 heavy (non-hydrogen) atoms. The van der Waals surface area contributed by atoms with Gasteiger partial charge in [0.15, 0.2) is 16.6 Å². The number of halogens is 2. The predicted octanol–water partition coefficient (Wildman–Crippen LogP) is 7.45. The van der Waals surface area contributed by atoms with Gasteiger partial charge in [-0.25, -0.2) is 4.98 Å². The van der Waals surface area contributed by atoms with Gasteiger partial charge in [0, 0.05) is 36.4 Å². The summed E-state index contributed by atoms with van der Waals surface area (Å²) in [6, 6.07) is 0. The fourth-order valence-corrected chi connectivity index (χ4v) is 10.3. The number of fused-ring (bicyclic) bond motifs is 1. The molecule has 1 fully saturated rings. The summed E-state index contributed by atoms with van der Waals surface area (Å²) in [6.45, 7) is 21.7. The second-order valence-corrected chi connectivity index (χ2v) is 21.8. The Kier molecular flexibility index (Phi) is 9.86. The van der Waals surface area contributed by atoms with Crippen LogP contribution in [-0.2, 0) is 17.8 Å². The molecule has 1 saturated carbocycles. The van der Waals surface area contributed by atoms with E-state index in [9.17, 15) is 0 Å². The molecule has 3 rings (SSSR count). The van der Waals surface area contributed by atoms with Gasteiger partial charge < -0.3 is 16.1 Å². The molecule has 0 amide bonds. The molecule has 2 aromatic heterocycles. The van der Waals surface area contributed by atoms with E-state index in [1.807, 2.05) is 12.4 Å². The molecule has 0 aliphatic heterocycles. The first-order valence-electron chi connectivity index (χ1n) is 10.4. The van der Waals surface area contributed by atoms with Crippen LogP contribution in [0.15, 0.2) is 24.8 Å². The van der Waals surface area contributed by atoms with Gasteiger partial charge in [-0.15, -0.1) is 0 Å². The normalized spacial score (nSPS) is 24.9. The summed E-state index contributed by atoms with van der Waals surface area (Å²) in [5, 5.41) is 0.252. The van der Waals surface area contributed by atoms with Crippen molar-refractivity contribution in [2.45, 2.75) is 83.9 Å². The molecule has 9 heteroatoms. The van der Waals surface area contributed by atoms with Crippen molar-refractivity contribution in [3.05, 3.63) is 32.2 Å². The van der Waals surface area contributed by atoms with Crippen LogP contribution in [-0.4, -0.2) is 36.3 Å². The molecule has 4 atom stereocenters. The van der Waals surface area contributed by atoms with E-state index >= 15 is 0 Å². The van der Waals surface area contributed by atoms with Crippen molar-refractivity contribution in [3.63, 3.8) is 0 Å². The third-order valence-corrected chi connectivity index (χ3v) is 16.0. The van der Waals surface area contributed by atoms with Gasteiger partial charge in [-0.2, -0.15) is 0 Å². The Labute approximate surface area is 201 Å². The average Bonchev–Trinajstić information content (AvgIpc) is 3.22. The van der Waals surface area contributed by atoms with Gasteiger partial charge in [0.25, 0.3) is 0 Å². The summed E-state index contributed by atoms with van der Waals surface area (Å²) in [7, 11) is 6.05. The summed E-state index contributed by atoms with van der Waals surface area (Å²) in [4.78, 5) is 4.63. The molecule has 1 aliphatic rings. The maximum absolute atomic E-state index is 7.03. The molecule has 0 spiro atoms. The van der Waals surface area contributed by atoms with Crippen molar-refractivity contribution >= 4 is 42.4 Å². The van der Waals surface area contributed by atoms with Gasteiger partial charge in [-0.05, 0) is 36.4 Å².